The Bertz CT molecular complexity index is 457. The van der Waals surface area contributed by atoms with Crippen LogP contribution in [0.25, 0.3) is 0 Å². The molecule has 1 rings (SSSR count). The van der Waals surface area contributed by atoms with Crippen LogP contribution in [0.15, 0.2) is 12.1 Å². The van der Waals surface area contributed by atoms with Gasteiger partial charge >= 0.3 is 18.0 Å². The summed E-state index contributed by atoms with van der Waals surface area (Å²) in [5, 5.41) is 0. The number of benzene rings is 1. The molecule has 0 amide bonds. The maximum Gasteiger partial charge on any atom is 0.435 e. The summed E-state index contributed by atoms with van der Waals surface area (Å²) in [6.45, 7) is 0. The van der Waals surface area contributed by atoms with E-state index in [-0.39, 0.29) is 12.8 Å². The van der Waals surface area contributed by atoms with Crippen molar-refractivity contribution in [2.45, 2.75) is 18.0 Å². The van der Waals surface area contributed by atoms with Crippen molar-refractivity contribution >= 4 is 50.9 Å². The Morgan fingerprint density at radius 3 is 1.37 bits per heavy atom. The fraction of sp³-hybridized carbons (Fsp3) is 0.333. The molecule has 0 fully saturated rings. The lowest BCUT2D eigenvalue weighted by Gasteiger charge is -2.30. The highest BCUT2D eigenvalue weighted by molar-refractivity contribution is 14.1. The van der Waals surface area contributed by atoms with E-state index < -0.39 is 23.6 Å². The highest BCUT2D eigenvalue weighted by atomic mass is 127. The quantitative estimate of drug-likeness (QED) is 0.327. The van der Waals surface area contributed by atoms with Crippen LogP contribution in [0.2, 0.25) is 0 Å². The summed E-state index contributed by atoms with van der Waals surface area (Å²) < 4.78 is 88.7. The minimum Gasteiger partial charge on any atom is -0.397 e. The summed E-state index contributed by atoms with van der Waals surface area (Å²) in [5.41, 5.74) is -1.55. The molecule has 19 heavy (non-hydrogen) atoms. The van der Waals surface area contributed by atoms with Gasteiger partial charge in [0.15, 0.2) is 0 Å². The first-order valence-electron chi connectivity index (χ1n) is 4.39. The summed E-state index contributed by atoms with van der Waals surface area (Å²) in [4.78, 5) is 0. The Morgan fingerprint density at radius 1 is 0.789 bits per heavy atom. The molecule has 0 aliphatic heterocycles. The first-order chi connectivity index (χ1) is 8.32. The molecule has 0 unspecified atom stereocenters. The van der Waals surface area contributed by atoms with Crippen molar-refractivity contribution in [1.29, 1.82) is 0 Å². The molecular formula is C9H4F7I2N. The van der Waals surface area contributed by atoms with Gasteiger partial charge in [0.1, 0.15) is 0 Å². The van der Waals surface area contributed by atoms with Crippen molar-refractivity contribution in [2.24, 2.45) is 0 Å². The third kappa shape index (κ3) is 2.88. The van der Waals surface area contributed by atoms with E-state index in [1.807, 2.05) is 0 Å². The number of halogens is 9. The van der Waals surface area contributed by atoms with Crippen molar-refractivity contribution in [2.75, 3.05) is 5.73 Å². The van der Waals surface area contributed by atoms with Gasteiger partial charge in [0.25, 0.3) is 0 Å². The van der Waals surface area contributed by atoms with Crippen molar-refractivity contribution < 1.29 is 30.7 Å². The second kappa shape index (κ2) is 5.07. The number of rotatable bonds is 1. The Hall–Kier alpha value is -0.0100. The monoisotopic (exact) mass is 513 g/mol. The fourth-order valence-corrected chi connectivity index (χ4v) is 3.04. The minimum absolute atomic E-state index is 0.00310. The lowest BCUT2D eigenvalue weighted by atomic mass is 9.94. The number of hydrogen-bond acceptors (Lipinski definition) is 1. The maximum absolute atomic E-state index is 13.7. The highest BCUT2D eigenvalue weighted by Crippen LogP contribution is 2.53. The number of hydrogen-bond donors (Lipinski definition) is 1. The topological polar surface area (TPSA) is 26.0 Å². The lowest BCUT2D eigenvalue weighted by molar-refractivity contribution is -0.348. The normalized spacial score (nSPS) is 13.7. The van der Waals surface area contributed by atoms with E-state index in [1.165, 1.54) is 45.2 Å². The molecule has 1 aromatic rings. The molecule has 0 aliphatic carbocycles. The number of nitrogen functional groups attached to an aromatic ring is 1. The Morgan fingerprint density at radius 2 is 1.11 bits per heavy atom. The number of nitrogens with two attached hydrogens (primary N) is 1. The molecule has 0 bridgehead atoms. The van der Waals surface area contributed by atoms with Crippen LogP contribution in [0.3, 0.4) is 0 Å². The second-order valence-electron chi connectivity index (χ2n) is 3.51. The number of anilines is 1. The van der Waals surface area contributed by atoms with Gasteiger partial charge in [-0.3, -0.25) is 0 Å². The smallest absolute Gasteiger partial charge is 0.397 e. The third-order valence-corrected chi connectivity index (χ3v) is 4.04. The van der Waals surface area contributed by atoms with Crippen LogP contribution in [-0.2, 0) is 5.67 Å². The van der Waals surface area contributed by atoms with Crippen molar-refractivity contribution in [3.05, 3.63) is 24.8 Å². The molecule has 10 heteroatoms. The summed E-state index contributed by atoms with van der Waals surface area (Å²) in [6, 6.07) is 0.887. The molecule has 1 nitrogen and oxygen atoms in total. The van der Waals surface area contributed by atoms with Crippen molar-refractivity contribution in [3.63, 3.8) is 0 Å². The molecule has 0 heterocycles. The Labute approximate surface area is 130 Å². The highest BCUT2D eigenvalue weighted by Gasteiger charge is 2.73. The SMILES string of the molecule is Nc1c(I)cc(C(F)(C(F)(F)F)C(F)(F)F)cc1I. The van der Waals surface area contributed by atoms with E-state index in [0.717, 1.165) is 0 Å². The lowest BCUT2D eigenvalue weighted by Crippen LogP contribution is -2.50. The van der Waals surface area contributed by atoms with Crippen LogP contribution >= 0.6 is 45.2 Å². The molecule has 0 spiro atoms. The van der Waals surface area contributed by atoms with Crippen molar-refractivity contribution in [1.82, 2.24) is 0 Å². The van der Waals surface area contributed by atoms with Crippen LogP contribution in [0.1, 0.15) is 5.56 Å². The van der Waals surface area contributed by atoms with E-state index in [9.17, 15) is 30.7 Å². The van der Waals surface area contributed by atoms with E-state index in [2.05, 4.69) is 0 Å². The van der Waals surface area contributed by atoms with Gasteiger partial charge in [-0.05, 0) is 57.3 Å². The van der Waals surface area contributed by atoms with Gasteiger partial charge in [-0.1, -0.05) is 0 Å². The van der Waals surface area contributed by atoms with Gasteiger partial charge in [-0.2, -0.15) is 26.3 Å². The van der Waals surface area contributed by atoms with E-state index in [1.54, 1.807) is 0 Å². The first-order valence-corrected chi connectivity index (χ1v) is 6.55. The van der Waals surface area contributed by atoms with Crippen LogP contribution in [0.5, 0.6) is 0 Å². The zero-order chi connectivity index (χ0) is 15.2. The van der Waals surface area contributed by atoms with Gasteiger partial charge in [-0.15, -0.1) is 0 Å². The summed E-state index contributed by atoms with van der Waals surface area (Å²) in [6.07, 6.45) is -12.2. The predicted molar refractivity (Wildman–Crippen MR) is 71.2 cm³/mol. The molecule has 0 saturated carbocycles. The van der Waals surface area contributed by atoms with Crippen LogP contribution in [-0.4, -0.2) is 12.4 Å². The molecule has 0 radical (unpaired) electrons. The van der Waals surface area contributed by atoms with Gasteiger partial charge < -0.3 is 5.73 Å². The Balaban J connectivity index is 3.62. The standard InChI is InChI=1S/C9H4F7I2N/c10-7(8(11,12)13,9(14,15)16)3-1-4(17)6(19)5(18)2-3/h1-2H,19H2. The zero-order valence-electron chi connectivity index (χ0n) is 8.63. The minimum atomic E-state index is -6.12. The second-order valence-corrected chi connectivity index (χ2v) is 5.83. The molecule has 2 N–H and O–H groups in total. The van der Waals surface area contributed by atoms with Crippen molar-refractivity contribution in [3.8, 4) is 0 Å². The van der Waals surface area contributed by atoms with E-state index in [0.29, 0.717) is 12.1 Å². The molecule has 0 saturated heterocycles. The fourth-order valence-electron chi connectivity index (χ4n) is 1.27. The molecule has 0 aromatic heterocycles. The molecular weight excluding hydrogens is 509 g/mol. The predicted octanol–water partition coefficient (Wildman–Crippen LogP) is 4.77. The summed E-state index contributed by atoms with van der Waals surface area (Å²) in [5.74, 6) is 0. The average molecular weight is 513 g/mol. The maximum atomic E-state index is 13.7. The molecule has 1 aromatic carbocycles. The van der Waals surface area contributed by atoms with Crippen LogP contribution < -0.4 is 5.73 Å². The number of alkyl halides is 7. The van der Waals surface area contributed by atoms with Gasteiger partial charge in [0.2, 0.25) is 0 Å². The van der Waals surface area contributed by atoms with Gasteiger partial charge in [0, 0.05) is 12.7 Å². The molecule has 108 valence electrons. The molecule has 0 atom stereocenters. The van der Waals surface area contributed by atoms with Crippen LogP contribution in [0, 0.1) is 7.14 Å². The van der Waals surface area contributed by atoms with Gasteiger partial charge in [-0.25, -0.2) is 4.39 Å². The summed E-state index contributed by atoms with van der Waals surface area (Å²) >= 11 is 2.88. The zero-order valence-corrected chi connectivity index (χ0v) is 12.9. The van der Waals surface area contributed by atoms with E-state index >= 15 is 0 Å². The third-order valence-electron chi connectivity index (χ3n) is 2.26. The Kier molecular flexibility index (Phi) is 4.55. The average Bonchev–Trinajstić information content (AvgIpc) is 2.20. The largest absolute Gasteiger partial charge is 0.435 e. The first kappa shape index (κ1) is 17.0. The molecule has 0 aliphatic rings. The van der Waals surface area contributed by atoms with E-state index in [4.69, 9.17) is 5.73 Å². The van der Waals surface area contributed by atoms with Gasteiger partial charge in [0.05, 0.1) is 5.69 Å². The van der Waals surface area contributed by atoms with Crippen LogP contribution in [0.4, 0.5) is 36.4 Å². The summed E-state index contributed by atoms with van der Waals surface area (Å²) in [7, 11) is 0.